The Morgan fingerprint density at radius 1 is 1.30 bits per heavy atom. The highest BCUT2D eigenvalue weighted by Gasteiger charge is 2.39. The van der Waals surface area contributed by atoms with Gasteiger partial charge in [0.25, 0.3) is 0 Å². The van der Waals surface area contributed by atoms with Gasteiger partial charge in [-0.3, -0.25) is 9.98 Å². The van der Waals surface area contributed by atoms with Crippen LogP contribution in [0.3, 0.4) is 0 Å². The van der Waals surface area contributed by atoms with E-state index in [1.807, 2.05) is 29.7 Å². The number of aromatic nitrogens is 1. The van der Waals surface area contributed by atoms with Crippen LogP contribution in [-0.2, 0) is 5.41 Å². The SMILES string of the molecule is N#CC1(c2ccncc2)C=CC(c2cccs2)=NC1N. The third-order valence-electron chi connectivity index (χ3n) is 3.37. The van der Waals surface area contributed by atoms with Gasteiger partial charge in [-0.25, -0.2) is 0 Å². The Morgan fingerprint density at radius 3 is 2.70 bits per heavy atom. The van der Waals surface area contributed by atoms with Gasteiger partial charge in [-0.1, -0.05) is 12.1 Å². The Balaban J connectivity index is 2.02. The number of hydrogen-bond acceptors (Lipinski definition) is 5. The lowest BCUT2D eigenvalue weighted by Crippen LogP contribution is -2.44. The van der Waals surface area contributed by atoms with Crippen LogP contribution in [0.2, 0.25) is 0 Å². The van der Waals surface area contributed by atoms with Crippen LogP contribution in [0.5, 0.6) is 0 Å². The normalized spacial score (nSPS) is 25.0. The van der Waals surface area contributed by atoms with Crippen LogP contribution in [0.25, 0.3) is 0 Å². The summed E-state index contributed by atoms with van der Waals surface area (Å²) in [5.41, 5.74) is 6.89. The fourth-order valence-corrected chi connectivity index (χ4v) is 2.94. The summed E-state index contributed by atoms with van der Waals surface area (Å²) < 4.78 is 0. The summed E-state index contributed by atoms with van der Waals surface area (Å²) in [5, 5.41) is 11.6. The second kappa shape index (κ2) is 5.00. The smallest absolute Gasteiger partial charge is 0.136 e. The van der Waals surface area contributed by atoms with Crippen molar-refractivity contribution in [3.8, 4) is 6.07 Å². The van der Waals surface area contributed by atoms with Gasteiger partial charge in [-0.2, -0.15) is 5.26 Å². The van der Waals surface area contributed by atoms with Crippen LogP contribution in [0.1, 0.15) is 10.4 Å². The van der Waals surface area contributed by atoms with Gasteiger partial charge in [0.1, 0.15) is 11.6 Å². The predicted octanol–water partition coefficient (Wildman–Crippen LogP) is 2.25. The van der Waals surface area contributed by atoms with Gasteiger partial charge in [-0.15, -0.1) is 11.3 Å². The molecule has 0 amide bonds. The Hall–Kier alpha value is -2.29. The first-order valence-electron chi connectivity index (χ1n) is 6.14. The first-order chi connectivity index (χ1) is 9.76. The van der Waals surface area contributed by atoms with Gasteiger partial charge < -0.3 is 5.73 Å². The van der Waals surface area contributed by atoms with E-state index in [2.05, 4.69) is 16.0 Å². The minimum absolute atomic E-state index is 0.628. The van der Waals surface area contributed by atoms with E-state index < -0.39 is 11.6 Å². The van der Waals surface area contributed by atoms with E-state index in [0.29, 0.717) is 0 Å². The molecule has 0 fully saturated rings. The van der Waals surface area contributed by atoms with Crippen molar-refractivity contribution < 1.29 is 0 Å². The van der Waals surface area contributed by atoms with Crippen molar-refractivity contribution >= 4 is 17.0 Å². The molecule has 3 rings (SSSR count). The molecule has 1 aliphatic heterocycles. The minimum Gasteiger partial charge on any atom is -0.308 e. The maximum Gasteiger partial charge on any atom is 0.136 e. The maximum absolute atomic E-state index is 9.61. The van der Waals surface area contributed by atoms with Crippen LogP contribution < -0.4 is 5.73 Å². The van der Waals surface area contributed by atoms with E-state index in [-0.39, 0.29) is 0 Å². The molecule has 0 aliphatic carbocycles. The molecule has 2 unspecified atom stereocenters. The number of nitrogens with two attached hydrogens (primary N) is 1. The second-order valence-corrected chi connectivity index (χ2v) is 5.43. The summed E-state index contributed by atoms with van der Waals surface area (Å²) >= 11 is 1.60. The fourth-order valence-electron chi connectivity index (χ4n) is 2.24. The van der Waals surface area contributed by atoms with Crippen molar-refractivity contribution in [1.29, 1.82) is 5.26 Å². The summed E-state index contributed by atoms with van der Waals surface area (Å²) in [4.78, 5) is 9.53. The fraction of sp³-hybridized carbons (Fsp3) is 0.133. The maximum atomic E-state index is 9.61. The van der Waals surface area contributed by atoms with Gasteiger partial charge in [0.05, 0.1) is 16.7 Å². The van der Waals surface area contributed by atoms with E-state index in [9.17, 15) is 5.26 Å². The molecular weight excluding hydrogens is 268 g/mol. The summed E-state index contributed by atoms with van der Waals surface area (Å²) in [5.74, 6) is 0. The molecule has 0 spiro atoms. The largest absolute Gasteiger partial charge is 0.308 e. The molecule has 2 aromatic heterocycles. The van der Waals surface area contributed by atoms with Crippen LogP contribution in [0, 0.1) is 11.3 Å². The molecule has 3 heterocycles. The van der Waals surface area contributed by atoms with Crippen LogP contribution >= 0.6 is 11.3 Å². The molecule has 20 heavy (non-hydrogen) atoms. The highest BCUT2D eigenvalue weighted by atomic mass is 32.1. The molecule has 0 aromatic carbocycles. The van der Waals surface area contributed by atoms with Crippen LogP contribution in [-0.4, -0.2) is 16.9 Å². The number of pyridine rings is 1. The van der Waals surface area contributed by atoms with E-state index in [1.165, 1.54) is 0 Å². The molecule has 5 heteroatoms. The van der Waals surface area contributed by atoms with Crippen LogP contribution in [0.15, 0.2) is 59.2 Å². The number of aliphatic imine (C=N–C) groups is 1. The number of thiophene rings is 1. The molecule has 0 saturated heterocycles. The quantitative estimate of drug-likeness (QED) is 0.916. The lowest BCUT2D eigenvalue weighted by atomic mass is 9.77. The first-order valence-corrected chi connectivity index (χ1v) is 7.02. The lowest BCUT2D eigenvalue weighted by Gasteiger charge is -2.30. The molecule has 0 radical (unpaired) electrons. The zero-order valence-electron chi connectivity index (χ0n) is 10.6. The Labute approximate surface area is 120 Å². The number of rotatable bonds is 2. The summed E-state index contributed by atoms with van der Waals surface area (Å²) in [6, 6.07) is 9.88. The monoisotopic (exact) mass is 280 g/mol. The zero-order valence-corrected chi connectivity index (χ0v) is 11.4. The minimum atomic E-state index is -0.927. The number of dihydropyridines is 1. The summed E-state index contributed by atoms with van der Waals surface area (Å²) in [7, 11) is 0. The third-order valence-corrected chi connectivity index (χ3v) is 4.26. The first kappa shape index (κ1) is 12.7. The van der Waals surface area contributed by atoms with Gasteiger partial charge in [0.2, 0.25) is 0 Å². The van der Waals surface area contributed by atoms with E-state index >= 15 is 0 Å². The highest BCUT2D eigenvalue weighted by molar-refractivity contribution is 7.12. The van der Waals surface area contributed by atoms with E-state index in [4.69, 9.17) is 5.73 Å². The summed E-state index contributed by atoms with van der Waals surface area (Å²) in [6.07, 6.45) is 6.41. The predicted molar refractivity (Wildman–Crippen MR) is 79.5 cm³/mol. The Kier molecular flexibility index (Phi) is 3.18. The molecule has 2 N–H and O–H groups in total. The third kappa shape index (κ3) is 1.95. The van der Waals surface area contributed by atoms with Crippen molar-refractivity contribution in [2.45, 2.75) is 11.6 Å². The van der Waals surface area contributed by atoms with Crippen molar-refractivity contribution in [3.63, 3.8) is 0 Å². The van der Waals surface area contributed by atoms with Gasteiger partial charge in [0.15, 0.2) is 0 Å². The molecule has 98 valence electrons. The number of allylic oxidation sites excluding steroid dienone is 1. The van der Waals surface area contributed by atoms with E-state index in [1.54, 1.807) is 35.9 Å². The van der Waals surface area contributed by atoms with Crippen LogP contribution in [0.4, 0.5) is 0 Å². The van der Waals surface area contributed by atoms with Crippen molar-refractivity contribution in [3.05, 3.63) is 64.6 Å². The summed E-state index contributed by atoms with van der Waals surface area (Å²) in [6.45, 7) is 0. The standard InChI is InChI=1S/C15H12N4S/c16-10-15(11-4-7-18-8-5-11)6-3-12(19-14(15)17)13-2-1-9-20-13/h1-9,14H,17H2. The topological polar surface area (TPSA) is 75.1 Å². The van der Waals surface area contributed by atoms with Crippen molar-refractivity contribution in [2.24, 2.45) is 10.7 Å². The van der Waals surface area contributed by atoms with Crippen molar-refractivity contribution in [1.82, 2.24) is 4.98 Å². The van der Waals surface area contributed by atoms with Gasteiger partial charge in [0, 0.05) is 12.4 Å². The average molecular weight is 280 g/mol. The number of nitrogens with zero attached hydrogens (tertiary/aromatic N) is 3. The molecule has 4 nitrogen and oxygen atoms in total. The molecule has 2 aromatic rings. The van der Waals surface area contributed by atoms with E-state index in [0.717, 1.165) is 16.2 Å². The molecule has 1 aliphatic rings. The lowest BCUT2D eigenvalue weighted by molar-refractivity contribution is 0.528. The van der Waals surface area contributed by atoms with Gasteiger partial charge in [-0.05, 0) is 35.2 Å². The average Bonchev–Trinajstić information content (AvgIpc) is 3.03. The van der Waals surface area contributed by atoms with Crippen molar-refractivity contribution in [2.75, 3.05) is 0 Å². The number of nitriles is 1. The Bertz CT molecular complexity index is 697. The molecule has 0 saturated carbocycles. The highest BCUT2D eigenvalue weighted by Crippen LogP contribution is 2.32. The second-order valence-electron chi connectivity index (χ2n) is 4.49. The molecular formula is C15H12N4S. The molecule has 0 bridgehead atoms. The zero-order chi connectivity index (χ0) is 14.0. The number of hydrogen-bond donors (Lipinski definition) is 1. The Morgan fingerprint density at radius 2 is 2.10 bits per heavy atom. The van der Waals surface area contributed by atoms with Gasteiger partial charge >= 0.3 is 0 Å². The molecule has 2 atom stereocenters.